The highest BCUT2D eigenvalue weighted by Crippen LogP contribution is 2.25. The molecule has 0 spiro atoms. The molecule has 1 aliphatic rings. The van der Waals surface area contributed by atoms with Crippen molar-refractivity contribution < 1.29 is 18.3 Å². The maximum absolute atomic E-state index is 12.6. The lowest BCUT2D eigenvalue weighted by Crippen LogP contribution is -2.37. The van der Waals surface area contributed by atoms with Crippen LogP contribution in [0.3, 0.4) is 0 Å². The molecule has 0 atom stereocenters. The van der Waals surface area contributed by atoms with Gasteiger partial charge in [-0.3, -0.25) is 4.99 Å². The van der Waals surface area contributed by atoms with E-state index < -0.39 is 6.61 Å². The van der Waals surface area contributed by atoms with Crippen molar-refractivity contribution in [1.82, 2.24) is 15.5 Å². The van der Waals surface area contributed by atoms with Gasteiger partial charge in [-0.1, -0.05) is 0 Å². The van der Waals surface area contributed by atoms with Crippen LogP contribution in [0.2, 0.25) is 0 Å². The first-order valence-electron chi connectivity index (χ1n) is 9.41. The number of likely N-dealkylation sites (tertiary alicyclic amines) is 1. The average molecular weight is 512 g/mol. The number of rotatable bonds is 10. The first kappa shape index (κ1) is 24.7. The molecule has 0 aromatic heterocycles. The topological polar surface area (TPSA) is 58.1 Å². The third-order valence-corrected chi connectivity index (χ3v) is 4.55. The smallest absolute Gasteiger partial charge is 0.387 e. The van der Waals surface area contributed by atoms with Crippen LogP contribution in [-0.2, 0) is 6.54 Å². The first-order valence-corrected chi connectivity index (χ1v) is 9.41. The summed E-state index contributed by atoms with van der Waals surface area (Å²) in [6, 6.07) is 4.75. The second-order valence-corrected chi connectivity index (χ2v) is 6.46. The Hall–Kier alpha value is -1.36. The fourth-order valence-electron chi connectivity index (χ4n) is 3.10. The molecule has 160 valence electrons. The van der Waals surface area contributed by atoms with E-state index in [4.69, 9.17) is 4.74 Å². The van der Waals surface area contributed by atoms with E-state index in [-0.39, 0.29) is 29.7 Å². The fraction of sp³-hybridized carbons (Fsp3) is 0.632. The summed E-state index contributed by atoms with van der Waals surface area (Å²) in [5, 5.41) is 6.38. The van der Waals surface area contributed by atoms with Gasteiger partial charge in [-0.15, -0.1) is 24.0 Å². The van der Waals surface area contributed by atoms with Gasteiger partial charge in [-0.2, -0.15) is 8.78 Å². The van der Waals surface area contributed by atoms with E-state index in [1.54, 1.807) is 19.2 Å². The highest BCUT2D eigenvalue weighted by Gasteiger charge is 2.12. The number of unbranched alkanes of at least 4 members (excludes halogenated alkanes) is 1. The molecule has 1 saturated heterocycles. The number of hydrogen-bond acceptors (Lipinski definition) is 4. The molecule has 1 aromatic rings. The standard InChI is InChI=1S/C19H30F2N4O2.HI/c1-22-19(23-9-3-4-10-25-11-5-6-12-25)24-14-15-13-16(26-2)7-8-17(15)27-18(20)21;/h7-8,13,18H,3-6,9-12,14H2,1-2H3,(H2,22,23,24);1H. The van der Waals surface area contributed by atoms with Gasteiger partial charge in [0.1, 0.15) is 11.5 Å². The molecule has 0 bridgehead atoms. The van der Waals surface area contributed by atoms with Crippen molar-refractivity contribution in [2.45, 2.75) is 38.8 Å². The van der Waals surface area contributed by atoms with Gasteiger partial charge < -0.3 is 25.0 Å². The highest BCUT2D eigenvalue weighted by molar-refractivity contribution is 14.0. The van der Waals surface area contributed by atoms with Crippen molar-refractivity contribution in [2.24, 2.45) is 4.99 Å². The number of hydrogen-bond donors (Lipinski definition) is 2. The summed E-state index contributed by atoms with van der Waals surface area (Å²) in [5.41, 5.74) is 0.576. The second-order valence-electron chi connectivity index (χ2n) is 6.46. The molecule has 0 amide bonds. The van der Waals surface area contributed by atoms with Gasteiger partial charge in [0.25, 0.3) is 0 Å². The minimum atomic E-state index is -2.87. The van der Waals surface area contributed by atoms with Crippen LogP contribution in [0, 0.1) is 0 Å². The van der Waals surface area contributed by atoms with Crippen LogP contribution in [0.4, 0.5) is 8.78 Å². The molecular formula is C19H31F2IN4O2. The SMILES string of the molecule is CN=C(NCCCCN1CCCC1)NCc1cc(OC)ccc1OC(F)F.I. The molecule has 1 aromatic carbocycles. The molecule has 0 unspecified atom stereocenters. The molecule has 1 aliphatic heterocycles. The number of nitrogens with zero attached hydrogens (tertiary/aromatic N) is 2. The molecule has 6 nitrogen and oxygen atoms in total. The van der Waals surface area contributed by atoms with Crippen LogP contribution < -0.4 is 20.1 Å². The molecule has 0 saturated carbocycles. The number of ether oxygens (including phenoxy) is 2. The predicted octanol–water partition coefficient (Wildman–Crippen LogP) is 3.46. The van der Waals surface area contributed by atoms with Crippen LogP contribution >= 0.6 is 24.0 Å². The Bertz CT molecular complexity index is 599. The molecule has 28 heavy (non-hydrogen) atoms. The van der Waals surface area contributed by atoms with Gasteiger partial charge in [0.2, 0.25) is 0 Å². The van der Waals surface area contributed by atoms with Crippen LogP contribution in [0.5, 0.6) is 11.5 Å². The summed E-state index contributed by atoms with van der Waals surface area (Å²) < 4.78 is 34.9. The number of aliphatic imine (C=N–C) groups is 1. The Labute approximate surface area is 183 Å². The van der Waals surface area contributed by atoms with Crippen molar-refractivity contribution in [3.63, 3.8) is 0 Å². The molecule has 0 aliphatic carbocycles. The summed E-state index contributed by atoms with van der Waals surface area (Å²) in [7, 11) is 3.21. The van der Waals surface area contributed by atoms with E-state index >= 15 is 0 Å². The largest absolute Gasteiger partial charge is 0.497 e. The third kappa shape index (κ3) is 8.76. The Morgan fingerprint density at radius 3 is 2.61 bits per heavy atom. The van der Waals surface area contributed by atoms with Crippen molar-refractivity contribution in [2.75, 3.05) is 40.3 Å². The Morgan fingerprint density at radius 1 is 1.21 bits per heavy atom. The molecular weight excluding hydrogens is 481 g/mol. The lowest BCUT2D eigenvalue weighted by atomic mass is 10.2. The van der Waals surface area contributed by atoms with Crippen molar-refractivity contribution in [1.29, 1.82) is 0 Å². The molecule has 2 N–H and O–H groups in total. The monoisotopic (exact) mass is 512 g/mol. The van der Waals surface area contributed by atoms with Gasteiger partial charge in [-0.05, 0) is 63.5 Å². The van der Waals surface area contributed by atoms with Crippen LogP contribution in [0.25, 0.3) is 0 Å². The van der Waals surface area contributed by atoms with Crippen LogP contribution in [0.15, 0.2) is 23.2 Å². The number of benzene rings is 1. The zero-order valence-electron chi connectivity index (χ0n) is 16.5. The highest BCUT2D eigenvalue weighted by atomic mass is 127. The molecule has 2 rings (SSSR count). The summed E-state index contributed by atoms with van der Waals surface area (Å²) in [6.07, 6.45) is 4.83. The summed E-state index contributed by atoms with van der Waals surface area (Å²) >= 11 is 0. The summed E-state index contributed by atoms with van der Waals surface area (Å²) in [5.74, 6) is 1.33. The van der Waals surface area contributed by atoms with Crippen molar-refractivity contribution in [3.05, 3.63) is 23.8 Å². The Kier molecular flexibility index (Phi) is 12.1. The van der Waals surface area contributed by atoms with Crippen molar-refractivity contribution in [3.8, 4) is 11.5 Å². The van der Waals surface area contributed by atoms with Gasteiger partial charge in [0, 0.05) is 25.7 Å². The number of guanidine groups is 1. The number of methoxy groups -OCH3 is 1. The van der Waals surface area contributed by atoms with Gasteiger partial charge in [0.15, 0.2) is 5.96 Å². The van der Waals surface area contributed by atoms with Crippen molar-refractivity contribution >= 4 is 29.9 Å². The first-order chi connectivity index (χ1) is 13.1. The van der Waals surface area contributed by atoms with Crippen LogP contribution in [-0.4, -0.2) is 57.8 Å². The van der Waals surface area contributed by atoms with E-state index in [0.29, 0.717) is 23.8 Å². The average Bonchev–Trinajstić information content (AvgIpc) is 3.18. The quantitative estimate of drug-likeness (QED) is 0.218. The minimum absolute atomic E-state index is 0. The van der Waals surface area contributed by atoms with Gasteiger partial charge in [-0.25, -0.2) is 0 Å². The zero-order valence-corrected chi connectivity index (χ0v) is 18.9. The van der Waals surface area contributed by atoms with Crippen LogP contribution in [0.1, 0.15) is 31.2 Å². The zero-order chi connectivity index (χ0) is 19.5. The predicted molar refractivity (Wildman–Crippen MR) is 118 cm³/mol. The van der Waals surface area contributed by atoms with E-state index in [2.05, 4.69) is 25.3 Å². The normalized spacial score (nSPS) is 14.7. The molecule has 0 radical (unpaired) electrons. The second kappa shape index (κ2) is 13.8. The maximum Gasteiger partial charge on any atom is 0.387 e. The summed E-state index contributed by atoms with van der Waals surface area (Å²) in [6.45, 7) is 1.83. The van der Waals surface area contributed by atoms with E-state index in [1.165, 1.54) is 39.1 Å². The maximum atomic E-state index is 12.6. The van der Waals surface area contributed by atoms with Gasteiger partial charge in [0.05, 0.1) is 7.11 Å². The number of nitrogens with one attached hydrogen (secondary N) is 2. The Balaban J connectivity index is 0.00000392. The minimum Gasteiger partial charge on any atom is -0.497 e. The van der Waals surface area contributed by atoms with Gasteiger partial charge >= 0.3 is 6.61 Å². The molecule has 1 fully saturated rings. The Morgan fingerprint density at radius 2 is 1.96 bits per heavy atom. The van der Waals surface area contributed by atoms with E-state index in [0.717, 1.165) is 25.9 Å². The van der Waals surface area contributed by atoms with E-state index in [9.17, 15) is 8.78 Å². The fourth-order valence-corrected chi connectivity index (χ4v) is 3.10. The molecule has 1 heterocycles. The number of alkyl halides is 2. The number of halogens is 3. The third-order valence-electron chi connectivity index (χ3n) is 4.55. The molecule has 9 heteroatoms. The summed E-state index contributed by atoms with van der Waals surface area (Å²) in [4.78, 5) is 6.68. The lowest BCUT2D eigenvalue weighted by Gasteiger charge is -2.16. The lowest BCUT2D eigenvalue weighted by molar-refractivity contribution is -0.0504. The van der Waals surface area contributed by atoms with E-state index in [1.807, 2.05) is 0 Å².